The maximum absolute atomic E-state index is 12.3. The van der Waals surface area contributed by atoms with Gasteiger partial charge in [-0.25, -0.2) is 5.43 Å². The summed E-state index contributed by atoms with van der Waals surface area (Å²) in [5, 5.41) is 5.84. The molecule has 8 heteroatoms. The number of hydrogen-bond acceptors (Lipinski definition) is 6. The summed E-state index contributed by atoms with van der Waals surface area (Å²) in [6.07, 6.45) is 1.56. The number of nitrogens with one attached hydrogen (secondary N) is 1. The van der Waals surface area contributed by atoms with Crippen LogP contribution in [-0.4, -0.2) is 56.2 Å². The van der Waals surface area contributed by atoms with E-state index in [2.05, 4.69) is 15.4 Å². The Morgan fingerprint density at radius 3 is 2.59 bits per heavy atom. The fourth-order valence-corrected chi connectivity index (χ4v) is 3.69. The number of anilines is 1. The number of nitrogens with zero attached hydrogens (tertiary/aromatic N) is 3. The summed E-state index contributed by atoms with van der Waals surface area (Å²) in [5.41, 5.74) is 4.39. The SMILES string of the molecule is COc1ccccc1N1CCN(C(=O)C(=O)N/N=C\c2sccc2C)CC1. The third-order valence-corrected chi connectivity index (χ3v) is 5.39. The molecule has 27 heavy (non-hydrogen) atoms. The van der Waals surface area contributed by atoms with E-state index < -0.39 is 11.8 Å². The van der Waals surface area contributed by atoms with Crippen LogP contribution in [0.2, 0.25) is 0 Å². The predicted octanol–water partition coefficient (Wildman–Crippen LogP) is 1.86. The van der Waals surface area contributed by atoms with Gasteiger partial charge in [0.1, 0.15) is 5.75 Å². The van der Waals surface area contributed by atoms with Crippen LogP contribution in [0.3, 0.4) is 0 Å². The van der Waals surface area contributed by atoms with Gasteiger partial charge in [-0.15, -0.1) is 11.3 Å². The van der Waals surface area contributed by atoms with E-state index >= 15 is 0 Å². The van der Waals surface area contributed by atoms with E-state index in [9.17, 15) is 9.59 Å². The number of ether oxygens (including phenoxy) is 1. The van der Waals surface area contributed by atoms with Crippen molar-refractivity contribution in [3.63, 3.8) is 0 Å². The van der Waals surface area contributed by atoms with Crippen molar-refractivity contribution < 1.29 is 14.3 Å². The van der Waals surface area contributed by atoms with E-state index in [1.807, 2.05) is 42.6 Å². The van der Waals surface area contributed by atoms with Crippen molar-refractivity contribution in [2.45, 2.75) is 6.92 Å². The molecule has 0 aliphatic carbocycles. The van der Waals surface area contributed by atoms with E-state index in [1.165, 1.54) is 11.3 Å². The van der Waals surface area contributed by atoms with Gasteiger partial charge in [0.2, 0.25) is 0 Å². The largest absolute Gasteiger partial charge is 0.495 e. The number of aryl methyl sites for hydroxylation is 1. The summed E-state index contributed by atoms with van der Waals surface area (Å²) in [7, 11) is 1.64. The first-order valence-corrected chi connectivity index (χ1v) is 9.52. The number of methoxy groups -OCH3 is 1. The second-order valence-electron chi connectivity index (χ2n) is 6.12. The molecule has 1 saturated heterocycles. The second kappa shape index (κ2) is 8.68. The Hall–Kier alpha value is -2.87. The molecule has 1 fully saturated rings. The van der Waals surface area contributed by atoms with Crippen LogP contribution in [0.5, 0.6) is 5.75 Å². The summed E-state index contributed by atoms with van der Waals surface area (Å²) in [6, 6.07) is 9.75. The molecule has 1 aromatic carbocycles. The van der Waals surface area contributed by atoms with E-state index in [1.54, 1.807) is 18.2 Å². The number of benzene rings is 1. The molecule has 0 unspecified atom stereocenters. The third-order valence-electron chi connectivity index (χ3n) is 4.44. The first-order chi connectivity index (χ1) is 13.1. The molecule has 1 aromatic heterocycles. The second-order valence-corrected chi connectivity index (χ2v) is 7.07. The maximum Gasteiger partial charge on any atom is 0.329 e. The topological polar surface area (TPSA) is 74.2 Å². The van der Waals surface area contributed by atoms with Crippen molar-refractivity contribution in [3.05, 3.63) is 46.2 Å². The van der Waals surface area contributed by atoms with Crippen molar-refractivity contribution in [2.24, 2.45) is 5.10 Å². The molecule has 0 spiro atoms. The van der Waals surface area contributed by atoms with Gasteiger partial charge in [0.25, 0.3) is 0 Å². The minimum Gasteiger partial charge on any atom is -0.495 e. The quantitative estimate of drug-likeness (QED) is 0.495. The van der Waals surface area contributed by atoms with Crippen molar-refractivity contribution >= 4 is 35.1 Å². The van der Waals surface area contributed by atoms with Gasteiger partial charge in [-0.1, -0.05) is 12.1 Å². The number of amides is 2. The zero-order valence-corrected chi connectivity index (χ0v) is 16.2. The molecule has 0 bridgehead atoms. The van der Waals surface area contributed by atoms with E-state index in [0.29, 0.717) is 26.2 Å². The van der Waals surface area contributed by atoms with Crippen molar-refractivity contribution in [3.8, 4) is 5.75 Å². The maximum atomic E-state index is 12.3. The molecule has 0 saturated carbocycles. The molecule has 0 atom stereocenters. The number of thiophene rings is 1. The minimum absolute atomic E-state index is 0.470. The number of carbonyl (C=O) groups is 2. The van der Waals surface area contributed by atoms with Gasteiger partial charge >= 0.3 is 11.8 Å². The zero-order valence-electron chi connectivity index (χ0n) is 15.3. The standard InChI is InChI=1S/C19H22N4O3S/c1-14-7-12-27-17(14)13-20-21-18(24)19(25)23-10-8-22(9-11-23)15-5-3-4-6-16(15)26-2/h3-7,12-13H,8-11H2,1-2H3,(H,21,24)/b20-13-. The normalized spacial score (nSPS) is 14.4. The zero-order chi connectivity index (χ0) is 19.2. The highest BCUT2D eigenvalue weighted by Crippen LogP contribution is 2.28. The molecule has 1 aliphatic rings. The van der Waals surface area contributed by atoms with Crippen LogP contribution in [0.15, 0.2) is 40.8 Å². The lowest BCUT2D eigenvalue weighted by Gasteiger charge is -2.36. The molecule has 1 N–H and O–H groups in total. The van der Waals surface area contributed by atoms with Gasteiger partial charge in [-0.3, -0.25) is 9.59 Å². The molecular weight excluding hydrogens is 364 g/mol. The van der Waals surface area contributed by atoms with Gasteiger partial charge in [0.05, 0.1) is 19.0 Å². The number of hydrazone groups is 1. The van der Waals surface area contributed by atoms with Crippen LogP contribution in [0.25, 0.3) is 0 Å². The lowest BCUT2D eigenvalue weighted by Crippen LogP contribution is -2.52. The first kappa shape index (κ1) is 18.9. The van der Waals surface area contributed by atoms with E-state index in [4.69, 9.17) is 4.74 Å². The Morgan fingerprint density at radius 1 is 1.19 bits per heavy atom. The highest BCUT2D eigenvalue weighted by Gasteiger charge is 2.26. The summed E-state index contributed by atoms with van der Waals surface area (Å²) < 4.78 is 5.39. The van der Waals surface area contributed by atoms with Crippen molar-refractivity contribution in [1.82, 2.24) is 10.3 Å². The van der Waals surface area contributed by atoms with Gasteiger partial charge in [0.15, 0.2) is 0 Å². The Bertz CT molecular complexity index is 841. The van der Waals surface area contributed by atoms with Crippen LogP contribution in [0.4, 0.5) is 5.69 Å². The number of hydrogen-bond donors (Lipinski definition) is 1. The Morgan fingerprint density at radius 2 is 1.93 bits per heavy atom. The van der Waals surface area contributed by atoms with Crippen molar-refractivity contribution in [1.29, 1.82) is 0 Å². The minimum atomic E-state index is -0.716. The Balaban J connectivity index is 1.53. The Kier molecular flexibility index (Phi) is 6.08. The van der Waals surface area contributed by atoms with E-state index in [0.717, 1.165) is 21.9 Å². The molecule has 2 aromatic rings. The summed E-state index contributed by atoms with van der Waals surface area (Å²) >= 11 is 1.53. The van der Waals surface area contributed by atoms with Gasteiger partial charge in [-0.05, 0) is 36.1 Å². The first-order valence-electron chi connectivity index (χ1n) is 8.64. The molecule has 142 valence electrons. The van der Waals surface area contributed by atoms with Gasteiger partial charge in [-0.2, -0.15) is 5.10 Å². The number of carbonyl (C=O) groups excluding carboxylic acids is 2. The van der Waals surface area contributed by atoms with Crippen LogP contribution in [-0.2, 0) is 9.59 Å². The highest BCUT2D eigenvalue weighted by molar-refractivity contribution is 7.11. The average Bonchev–Trinajstić information content (AvgIpc) is 3.12. The van der Waals surface area contributed by atoms with Crippen LogP contribution in [0.1, 0.15) is 10.4 Å². The lowest BCUT2D eigenvalue weighted by molar-refractivity contribution is -0.146. The molecule has 2 heterocycles. The smallest absolute Gasteiger partial charge is 0.329 e. The number of piperazine rings is 1. The van der Waals surface area contributed by atoms with Crippen molar-refractivity contribution in [2.75, 3.05) is 38.2 Å². The van der Waals surface area contributed by atoms with E-state index in [-0.39, 0.29) is 0 Å². The summed E-state index contributed by atoms with van der Waals surface area (Å²) in [6.45, 7) is 4.18. The fourth-order valence-electron chi connectivity index (χ4n) is 2.90. The number of rotatable bonds is 4. The fraction of sp³-hybridized carbons (Fsp3) is 0.316. The monoisotopic (exact) mass is 386 g/mol. The highest BCUT2D eigenvalue weighted by atomic mass is 32.1. The summed E-state index contributed by atoms with van der Waals surface area (Å²) in [5.74, 6) is -0.478. The number of para-hydroxylation sites is 2. The van der Waals surface area contributed by atoms with Crippen LogP contribution < -0.4 is 15.1 Å². The lowest BCUT2D eigenvalue weighted by atomic mass is 10.2. The summed E-state index contributed by atoms with van der Waals surface area (Å²) in [4.78, 5) is 29.0. The third kappa shape index (κ3) is 4.46. The van der Waals surface area contributed by atoms with Crippen LogP contribution in [0, 0.1) is 6.92 Å². The van der Waals surface area contributed by atoms with Gasteiger partial charge in [0, 0.05) is 31.1 Å². The molecule has 2 amide bonds. The molecule has 0 radical (unpaired) electrons. The molecule has 7 nitrogen and oxygen atoms in total. The molecular formula is C19H22N4O3S. The Labute approximate surface area is 162 Å². The average molecular weight is 386 g/mol. The molecule has 1 aliphatic heterocycles. The van der Waals surface area contributed by atoms with Crippen LogP contribution >= 0.6 is 11.3 Å². The molecule has 3 rings (SSSR count). The van der Waals surface area contributed by atoms with Gasteiger partial charge < -0.3 is 14.5 Å². The predicted molar refractivity (Wildman–Crippen MR) is 107 cm³/mol.